The second kappa shape index (κ2) is 6.58. The Hall–Kier alpha value is -2.72. The van der Waals surface area contributed by atoms with Crippen molar-refractivity contribution in [1.82, 2.24) is 10.3 Å². The molecule has 3 aromatic rings. The summed E-state index contributed by atoms with van der Waals surface area (Å²) >= 11 is 0. The van der Waals surface area contributed by atoms with Gasteiger partial charge in [-0.15, -0.1) is 0 Å². The summed E-state index contributed by atoms with van der Waals surface area (Å²) in [6.45, 7) is 1.91. The Kier molecular flexibility index (Phi) is 4.35. The number of carbonyl (C=O) groups is 1. The van der Waals surface area contributed by atoms with Gasteiger partial charge >= 0.3 is 0 Å². The molecule has 2 atom stereocenters. The van der Waals surface area contributed by atoms with Crippen LogP contribution in [0, 0.1) is 0 Å². The largest absolute Gasteiger partial charge is 0.378 e. The van der Waals surface area contributed by atoms with Gasteiger partial charge in [-0.3, -0.25) is 9.78 Å². The van der Waals surface area contributed by atoms with Gasteiger partial charge in [-0.25, -0.2) is 0 Å². The van der Waals surface area contributed by atoms with E-state index in [2.05, 4.69) is 10.3 Å². The first kappa shape index (κ1) is 15.2. The summed E-state index contributed by atoms with van der Waals surface area (Å²) in [4.78, 5) is 16.2. The topological polar surface area (TPSA) is 62.2 Å². The third-order valence-electron chi connectivity index (χ3n) is 3.90. The fourth-order valence-corrected chi connectivity index (χ4v) is 2.69. The molecule has 0 radical (unpaired) electrons. The van der Waals surface area contributed by atoms with Gasteiger partial charge in [0.1, 0.15) is 0 Å². The highest BCUT2D eigenvalue weighted by Gasteiger charge is 2.20. The number of nitrogens with zero attached hydrogens (tertiary/aromatic N) is 1. The summed E-state index contributed by atoms with van der Waals surface area (Å²) in [5.74, 6) is -0.432. The van der Waals surface area contributed by atoms with Crippen LogP contribution in [0.3, 0.4) is 0 Å². The van der Waals surface area contributed by atoms with Gasteiger partial charge < -0.3 is 10.4 Å². The predicted molar refractivity (Wildman–Crippen MR) is 89.7 cm³/mol. The van der Waals surface area contributed by atoms with Crippen LogP contribution in [0.25, 0.3) is 10.8 Å². The average Bonchev–Trinajstić information content (AvgIpc) is 2.61. The maximum atomic E-state index is 12.3. The van der Waals surface area contributed by atoms with Crippen molar-refractivity contribution in [3.8, 4) is 0 Å². The van der Waals surface area contributed by atoms with E-state index in [1.165, 1.54) is 6.20 Å². The van der Waals surface area contributed by atoms with Crippen molar-refractivity contribution >= 4 is 16.7 Å². The molecule has 0 saturated heterocycles. The normalized spacial score (nSPS) is 13.5. The molecule has 0 spiro atoms. The van der Waals surface area contributed by atoms with Crippen LogP contribution in [0.2, 0.25) is 0 Å². The van der Waals surface area contributed by atoms with Crippen molar-refractivity contribution in [2.24, 2.45) is 0 Å². The number of aromatic nitrogens is 1. The Morgan fingerprint density at radius 2 is 1.87 bits per heavy atom. The van der Waals surface area contributed by atoms with Crippen molar-refractivity contribution in [2.75, 3.05) is 0 Å². The van der Waals surface area contributed by atoms with E-state index in [0.717, 1.165) is 16.3 Å². The first-order valence-corrected chi connectivity index (χ1v) is 7.53. The van der Waals surface area contributed by atoms with Crippen molar-refractivity contribution < 1.29 is 9.90 Å². The molecule has 3 rings (SSSR count). The summed E-state index contributed by atoms with van der Waals surface area (Å²) in [7, 11) is 0. The van der Waals surface area contributed by atoms with Crippen LogP contribution < -0.4 is 5.32 Å². The standard InChI is InChI=1S/C19H18N2O2/c1-13(16-10-4-7-14-6-2-3-9-17(14)16)21-19(23)18(22)15-8-5-11-20-12-15/h2-13,18,22H,1H3,(H,21,23)/t13-,18-/m1/s1. The highest BCUT2D eigenvalue weighted by Crippen LogP contribution is 2.24. The highest BCUT2D eigenvalue weighted by atomic mass is 16.3. The van der Waals surface area contributed by atoms with E-state index in [1.807, 2.05) is 49.4 Å². The van der Waals surface area contributed by atoms with Gasteiger partial charge in [0.25, 0.3) is 5.91 Å². The van der Waals surface area contributed by atoms with Gasteiger partial charge in [-0.05, 0) is 29.3 Å². The van der Waals surface area contributed by atoms with Gasteiger partial charge in [0.2, 0.25) is 0 Å². The number of rotatable bonds is 4. The Balaban J connectivity index is 1.81. The molecule has 1 amide bonds. The monoisotopic (exact) mass is 306 g/mol. The van der Waals surface area contributed by atoms with E-state index in [4.69, 9.17) is 0 Å². The maximum absolute atomic E-state index is 12.3. The molecule has 2 N–H and O–H groups in total. The molecule has 4 nitrogen and oxygen atoms in total. The number of carbonyl (C=O) groups excluding carboxylic acids is 1. The molecule has 0 saturated carbocycles. The number of hydrogen-bond acceptors (Lipinski definition) is 3. The molecular weight excluding hydrogens is 288 g/mol. The van der Waals surface area contributed by atoms with Gasteiger partial charge in [-0.1, -0.05) is 48.5 Å². The van der Waals surface area contributed by atoms with Crippen LogP contribution in [0.15, 0.2) is 67.0 Å². The Morgan fingerprint density at radius 3 is 2.65 bits per heavy atom. The zero-order chi connectivity index (χ0) is 16.2. The second-order valence-corrected chi connectivity index (χ2v) is 5.49. The Bertz CT molecular complexity index is 812. The average molecular weight is 306 g/mol. The fraction of sp³-hybridized carbons (Fsp3) is 0.158. The van der Waals surface area contributed by atoms with Crippen LogP contribution in [-0.4, -0.2) is 16.0 Å². The number of nitrogens with one attached hydrogen (secondary N) is 1. The maximum Gasteiger partial charge on any atom is 0.254 e. The zero-order valence-electron chi connectivity index (χ0n) is 12.8. The van der Waals surface area contributed by atoms with E-state index < -0.39 is 12.0 Å². The molecule has 116 valence electrons. The molecule has 0 aliphatic carbocycles. The van der Waals surface area contributed by atoms with Crippen LogP contribution >= 0.6 is 0 Å². The summed E-state index contributed by atoms with van der Waals surface area (Å²) in [5, 5.41) is 15.2. The highest BCUT2D eigenvalue weighted by molar-refractivity contribution is 5.87. The molecule has 0 aliphatic rings. The molecule has 4 heteroatoms. The molecule has 2 aromatic carbocycles. The first-order chi connectivity index (χ1) is 11.2. The zero-order valence-corrected chi connectivity index (χ0v) is 12.8. The third kappa shape index (κ3) is 3.22. The van der Waals surface area contributed by atoms with Gasteiger partial charge in [0.15, 0.2) is 6.10 Å². The minimum absolute atomic E-state index is 0.208. The van der Waals surface area contributed by atoms with Gasteiger partial charge in [0, 0.05) is 18.0 Å². The fourth-order valence-electron chi connectivity index (χ4n) is 2.69. The van der Waals surface area contributed by atoms with Gasteiger partial charge in [0.05, 0.1) is 6.04 Å². The van der Waals surface area contributed by atoms with Crippen LogP contribution in [-0.2, 0) is 4.79 Å². The number of aliphatic hydroxyl groups is 1. The van der Waals surface area contributed by atoms with E-state index >= 15 is 0 Å². The van der Waals surface area contributed by atoms with E-state index in [-0.39, 0.29) is 6.04 Å². The molecular formula is C19H18N2O2. The van der Waals surface area contributed by atoms with Crippen LogP contribution in [0.1, 0.15) is 30.2 Å². The third-order valence-corrected chi connectivity index (χ3v) is 3.90. The number of amides is 1. The summed E-state index contributed by atoms with van der Waals surface area (Å²) in [6, 6.07) is 17.2. The number of hydrogen-bond donors (Lipinski definition) is 2. The van der Waals surface area contributed by atoms with Crippen LogP contribution in [0.5, 0.6) is 0 Å². The number of benzene rings is 2. The van der Waals surface area contributed by atoms with Gasteiger partial charge in [-0.2, -0.15) is 0 Å². The van der Waals surface area contributed by atoms with E-state index in [1.54, 1.807) is 18.3 Å². The van der Waals surface area contributed by atoms with Crippen molar-refractivity contribution in [3.63, 3.8) is 0 Å². The predicted octanol–water partition coefficient (Wildman–Crippen LogP) is 3.15. The van der Waals surface area contributed by atoms with E-state index in [0.29, 0.717) is 5.56 Å². The minimum atomic E-state index is -1.22. The molecule has 1 heterocycles. The molecule has 0 unspecified atom stereocenters. The second-order valence-electron chi connectivity index (χ2n) is 5.49. The van der Waals surface area contributed by atoms with Crippen LogP contribution in [0.4, 0.5) is 0 Å². The van der Waals surface area contributed by atoms with Crippen molar-refractivity contribution in [3.05, 3.63) is 78.1 Å². The molecule has 0 fully saturated rings. The Labute approximate surface area is 134 Å². The van der Waals surface area contributed by atoms with E-state index in [9.17, 15) is 9.90 Å². The van der Waals surface area contributed by atoms with Crippen molar-refractivity contribution in [2.45, 2.75) is 19.1 Å². The summed E-state index contributed by atoms with van der Waals surface area (Å²) in [6.07, 6.45) is 1.88. The summed E-state index contributed by atoms with van der Waals surface area (Å²) < 4.78 is 0. The lowest BCUT2D eigenvalue weighted by Gasteiger charge is -2.19. The SMILES string of the molecule is C[C@@H](NC(=O)[C@H](O)c1cccnc1)c1cccc2ccccc12. The molecule has 0 bridgehead atoms. The minimum Gasteiger partial charge on any atom is -0.378 e. The molecule has 0 aliphatic heterocycles. The Morgan fingerprint density at radius 1 is 1.09 bits per heavy atom. The number of pyridine rings is 1. The molecule has 23 heavy (non-hydrogen) atoms. The first-order valence-electron chi connectivity index (χ1n) is 7.53. The smallest absolute Gasteiger partial charge is 0.254 e. The number of fused-ring (bicyclic) bond motifs is 1. The molecule has 1 aromatic heterocycles. The quantitative estimate of drug-likeness (QED) is 0.778. The van der Waals surface area contributed by atoms with Crippen molar-refractivity contribution in [1.29, 1.82) is 0 Å². The number of aliphatic hydroxyl groups excluding tert-OH is 1. The summed E-state index contributed by atoms with van der Waals surface area (Å²) in [5.41, 5.74) is 1.50. The lowest BCUT2D eigenvalue weighted by Crippen LogP contribution is -2.31. The lowest BCUT2D eigenvalue weighted by molar-refractivity contribution is -0.130. The lowest BCUT2D eigenvalue weighted by atomic mass is 9.99.